The molecule has 0 saturated heterocycles. The Morgan fingerprint density at radius 1 is 1.17 bits per heavy atom. The SMILES string of the molecule is O=[NH+]c1ccc2[nH]c(=O)[nH]c2c1. The molecule has 0 aliphatic heterocycles. The molecule has 0 aliphatic rings. The van der Waals surface area contributed by atoms with Crippen LogP contribution in [-0.4, -0.2) is 9.97 Å². The summed E-state index contributed by atoms with van der Waals surface area (Å²) in [5, 5.41) is 1.74. The third kappa shape index (κ3) is 0.914. The number of rotatable bonds is 1. The molecule has 2 aromatic rings. The Hall–Kier alpha value is -1.91. The zero-order chi connectivity index (χ0) is 8.55. The number of imidazole rings is 1. The van der Waals surface area contributed by atoms with E-state index in [0.717, 1.165) is 0 Å². The highest BCUT2D eigenvalue weighted by Crippen LogP contribution is 2.09. The maximum absolute atomic E-state index is 10.8. The second-order valence-corrected chi connectivity index (χ2v) is 2.44. The third-order valence-electron chi connectivity index (χ3n) is 1.63. The smallest absolute Gasteiger partial charge is 0.306 e. The molecule has 0 spiro atoms. The Morgan fingerprint density at radius 3 is 2.67 bits per heavy atom. The van der Waals surface area contributed by atoms with Gasteiger partial charge in [0.1, 0.15) is 0 Å². The van der Waals surface area contributed by atoms with E-state index in [1.54, 1.807) is 23.4 Å². The second kappa shape index (κ2) is 2.30. The number of benzene rings is 1. The first-order valence-corrected chi connectivity index (χ1v) is 3.40. The van der Waals surface area contributed by atoms with Crippen LogP contribution in [0.25, 0.3) is 11.0 Å². The van der Waals surface area contributed by atoms with Gasteiger partial charge in [0.25, 0.3) is 5.69 Å². The second-order valence-electron chi connectivity index (χ2n) is 2.44. The normalized spacial score (nSPS) is 10.3. The van der Waals surface area contributed by atoms with E-state index in [0.29, 0.717) is 16.7 Å². The highest BCUT2D eigenvalue weighted by atomic mass is 16.3. The molecule has 12 heavy (non-hydrogen) atoms. The number of hydrogen-bond donors (Lipinski definition) is 3. The fourth-order valence-electron chi connectivity index (χ4n) is 1.10. The van der Waals surface area contributed by atoms with Crippen molar-refractivity contribution in [3.63, 3.8) is 0 Å². The van der Waals surface area contributed by atoms with Crippen molar-refractivity contribution in [1.82, 2.24) is 9.97 Å². The lowest BCUT2D eigenvalue weighted by Gasteiger charge is -1.83. The average Bonchev–Trinajstić information content (AvgIpc) is 2.43. The molecular weight excluding hydrogens is 158 g/mol. The van der Waals surface area contributed by atoms with Gasteiger partial charge in [0, 0.05) is 22.2 Å². The predicted molar refractivity (Wildman–Crippen MR) is 42.9 cm³/mol. The third-order valence-corrected chi connectivity index (χ3v) is 1.63. The van der Waals surface area contributed by atoms with Crippen LogP contribution in [0.3, 0.4) is 0 Å². The van der Waals surface area contributed by atoms with Crippen LogP contribution in [0.5, 0.6) is 0 Å². The summed E-state index contributed by atoms with van der Waals surface area (Å²) in [6, 6.07) is 4.83. The number of aromatic amines is 2. The van der Waals surface area contributed by atoms with Gasteiger partial charge >= 0.3 is 5.69 Å². The zero-order valence-electron chi connectivity index (χ0n) is 6.05. The molecule has 0 amide bonds. The summed E-state index contributed by atoms with van der Waals surface area (Å²) in [7, 11) is 0. The maximum Gasteiger partial charge on any atom is 0.323 e. The summed E-state index contributed by atoms with van der Waals surface area (Å²) < 4.78 is 0. The highest BCUT2D eigenvalue weighted by molar-refractivity contribution is 5.76. The molecule has 0 bridgehead atoms. The summed E-state index contributed by atoms with van der Waals surface area (Å²) in [6.07, 6.45) is 0. The lowest BCUT2D eigenvalue weighted by Crippen LogP contribution is -2.55. The Morgan fingerprint density at radius 2 is 1.92 bits per heavy atom. The number of fused-ring (bicyclic) bond motifs is 1. The van der Waals surface area contributed by atoms with Gasteiger partial charge in [-0.15, -0.1) is 0 Å². The first kappa shape index (κ1) is 6.78. The predicted octanol–water partition coefficient (Wildman–Crippen LogP) is -0.665. The standard InChI is InChI=1S/C7H5N3O2/c11-7-8-5-2-1-4(10-12)3-6(5)9-7/h1-3H,(H2,8,9,11)/p+1. The van der Waals surface area contributed by atoms with Gasteiger partial charge in [-0.05, 0) is 6.07 Å². The van der Waals surface area contributed by atoms with Crippen molar-refractivity contribution in [2.24, 2.45) is 0 Å². The number of hydrogen-bond acceptors (Lipinski definition) is 2. The Bertz CT molecular complexity index is 483. The van der Waals surface area contributed by atoms with E-state index in [1.165, 1.54) is 0 Å². The van der Waals surface area contributed by atoms with Crippen LogP contribution in [0.1, 0.15) is 0 Å². The van der Waals surface area contributed by atoms with Crippen LogP contribution in [-0.2, 0) is 0 Å². The minimum Gasteiger partial charge on any atom is -0.306 e. The summed E-state index contributed by atoms with van der Waals surface area (Å²) in [5.41, 5.74) is 1.48. The molecule has 0 aliphatic carbocycles. The van der Waals surface area contributed by atoms with Gasteiger partial charge in [-0.3, -0.25) is 0 Å². The van der Waals surface area contributed by atoms with E-state index < -0.39 is 0 Å². The minimum atomic E-state index is -0.270. The van der Waals surface area contributed by atoms with E-state index in [1.807, 2.05) is 0 Å². The van der Waals surface area contributed by atoms with Gasteiger partial charge in [-0.1, -0.05) is 0 Å². The van der Waals surface area contributed by atoms with Crippen LogP contribution in [0, 0.1) is 4.91 Å². The maximum atomic E-state index is 10.8. The number of H-pyrrole nitrogens is 2. The topological polar surface area (TPSA) is 79.7 Å². The molecule has 5 nitrogen and oxygen atoms in total. The zero-order valence-corrected chi connectivity index (χ0v) is 6.05. The highest BCUT2D eigenvalue weighted by Gasteiger charge is 2.02. The molecule has 0 unspecified atom stereocenters. The monoisotopic (exact) mass is 164 g/mol. The quantitative estimate of drug-likeness (QED) is 0.522. The number of aromatic nitrogens is 2. The van der Waals surface area contributed by atoms with Crippen molar-refractivity contribution < 1.29 is 5.18 Å². The number of nitroso groups, excluding NO2 is 1. The molecule has 1 heterocycles. The van der Waals surface area contributed by atoms with Crippen LogP contribution in [0.4, 0.5) is 5.69 Å². The molecule has 1 aromatic carbocycles. The van der Waals surface area contributed by atoms with Gasteiger partial charge in [-0.2, -0.15) is 0 Å². The van der Waals surface area contributed by atoms with Gasteiger partial charge in [0.05, 0.1) is 11.0 Å². The van der Waals surface area contributed by atoms with Crippen LogP contribution >= 0.6 is 0 Å². The summed E-state index contributed by atoms with van der Waals surface area (Å²) in [4.78, 5) is 26.1. The van der Waals surface area contributed by atoms with E-state index in [4.69, 9.17) is 0 Å². The molecular formula is C7H6N3O2+. The Labute approximate surface area is 66.4 Å². The molecule has 3 N–H and O–H groups in total. The molecule has 2 rings (SSSR count). The van der Waals surface area contributed by atoms with Crippen molar-refractivity contribution >= 4 is 16.7 Å². The van der Waals surface area contributed by atoms with Gasteiger partial charge in [0.2, 0.25) is 0 Å². The molecule has 5 heteroatoms. The fraction of sp³-hybridized carbons (Fsp3) is 0. The van der Waals surface area contributed by atoms with Gasteiger partial charge in [0.15, 0.2) is 0 Å². The summed E-state index contributed by atoms with van der Waals surface area (Å²) >= 11 is 0. The van der Waals surface area contributed by atoms with E-state index in [9.17, 15) is 9.70 Å². The molecule has 0 saturated carbocycles. The van der Waals surface area contributed by atoms with Crippen molar-refractivity contribution in [2.45, 2.75) is 0 Å². The fourth-order valence-corrected chi connectivity index (χ4v) is 1.10. The number of nitrogens with one attached hydrogen (secondary N) is 3. The van der Waals surface area contributed by atoms with Crippen LogP contribution in [0.15, 0.2) is 23.0 Å². The first-order valence-electron chi connectivity index (χ1n) is 3.40. The van der Waals surface area contributed by atoms with Crippen LogP contribution in [0.2, 0.25) is 0 Å². The Balaban J connectivity index is 2.82. The van der Waals surface area contributed by atoms with E-state index in [-0.39, 0.29) is 5.69 Å². The van der Waals surface area contributed by atoms with Crippen molar-refractivity contribution in [1.29, 1.82) is 0 Å². The molecule has 0 radical (unpaired) electrons. The lowest BCUT2D eigenvalue weighted by atomic mass is 10.3. The summed E-state index contributed by atoms with van der Waals surface area (Å²) in [5.74, 6) is 0. The van der Waals surface area contributed by atoms with Crippen molar-refractivity contribution in [3.8, 4) is 0 Å². The van der Waals surface area contributed by atoms with Gasteiger partial charge in [-0.25, -0.2) is 4.79 Å². The van der Waals surface area contributed by atoms with Crippen molar-refractivity contribution in [2.75, 3.05) is 0 Å². The van der Waals surface area contributed by atoms with Crippen molar-refractivity contribution in [3.05, 3.63) is 33.6 Å². The Kier molecular flexibility index (Phi) is 1.30. The van der Waals surface area contributed by atoms with E-state index >= 15 is 0 Å². The van der Waals surface area contributed by atoms with Gasteiger partial charge < -0.3 is 9.97 Å². The van der Waals surface area contributed by atoms with E-state index in [2.05, 4.69) is 9.97 Å². The molecule has 0 fully saturated rings. The average molecular weight is 164 g/mol. The van der Waals surface area contributed by atoms with Crippen LogP contribution < -0.4 is 10.9 Å². The molecule has 1 aromatic heterocycles. The minimum absolute atomic E-state index is 0.270. The molecule has 60 valence electrons. The lowest BCUT2D eigenvalue weighted by molar-refractivity contribution is -0.379. The summed E-state index contributed by atoms with van der Waals surface area (Å²) in [6.45, 7) is 0. The first-order chi connectivity index (χ1) is 5.79. The molecule has 0 atom stereocenters. The largest absolute Gasteiger partial charge is 0.323 e.